The van der Waals surface area contributed by atoms with E-state index in [2.05, 4.69) is 24.5 Å². The van der Waals surface area contributed by atoms with Gasteiger partial charge in [0.1, 0.15) is 0 Å². The van der Waals surface area contributed by atoms with E-state index in [-0.39, 0.29) is 11.8 Å². The summed E-state index contributed by atoms with van der Waals surface area (Å²) in [5, 5.41) is 6.36. The lowest BCUT2D eigenvalue weighted by molar-refractivity contribution is -0.117. The molecule has 1 atom stereocenters. The summed E-state index contributed by atoms with van der Waals surface area (Å²) in [6, 6.07) is 8.37. The van der Waals surface area contributed by atoms with Crippen molar-refractivity contribution in [2.24, 2.45) is 5.92 Å². The molecule has 1 unspecified atom stereocenters. The second kappa shape index (κ2) is 5.21. The van der Waals surface area contributed by atoms with Gasteiger partial charge in [0.05, 0.1) is 0 Å². The topological polar surface area (TPSA) is 41.1 Å². The third kappa shape index (κ3) is 3.48. The van der Waals surface area contributed by atoms with Gasteiger partial charge in [0.15, 0.2) is 0 Å². The molecule has 0 spiro atoms. The maximum atomic E-state index is 11.6. The van der Waals surface area contributed by atoms with Crippen LogP contribution in [-0.4, -0.2) is 11.9 Å². The minimum Gasteiger partial charge on any atom is -0.383 e. The van der Waals surface area contributed by atoms with Crippen molar-refractivity contribution in [2.75, 3.05) is 10.6 Å². The van der Waals surface area contributed by atoms with Gasteiger partial charge in [-0.2, -0.15) is 0 Å². The first kappa shape index (κ1) is 12.0. The summed E-state index contributed by atoms with van der Waals surface area (Å²) in [5.41, 5.74) is 1.95. The molecule has 1 aliphatic rings. The highest BCUT2D eigenvalue weighted by molar-refractivity contribution is 5.94. The monoisotopic (exact) mass is 232 g/mol. The maximum Gasteiger partial charge on any atom is 0.227 e. The summed E-state index contributed by atoms with van der Waals surface area (Å²) in [5.74, 6) is 0.409. The largest absolute Gasteiger partial charge is 0.383 e. The van der Waals surface area contributed by atoms with Crippen LogP contribution in [0.2, 0.25) is 0 Å². The van der Waals surface area contributed by atoms with Gasteiger partial charge in [0.2, 0.25) is 5.91 Å². The fourth-order valence-electron chi connectivity index (χ4n) is 1.66. The molecule has 1 amide bonds. The van der Waals surface area contributed by atoms with E-state index in [1.54, 1.807) is 0 Å². The van der Waals surface area contributed by atoms with Crippen LogP contribution in [0.4, 0.5) is 11.4 Å². The van der Waals surface area contributed by atoms with Crippen molar-refractivity contribution in [1.29, 1.82) is 0 Å². The van der Waals surface area contributed by atoms with Crippen molar-refractivity contribution in [3.05, 3.63) is 24.3 Å². The van der Waals surface area contributed by atoms with E-state index < -0.39 is 0 Å². The zero-order chi connectivity index (χ0) is 12.3. The predicted molar refractivity (Wildman–Crippen MR) is 71.2 cm³/mol. The first-order chi connectivity index (χ1) is 8.19. The van der Waals surface area contributed by atoms with Crippen molar-refractivity contribution in [3.63, 3.8) is 0 Å². The molecule has 1 fully saturated rings. The molecule has 92 valence electrons. The molecule has 2 rings (SSSR count). The molecule has 0 radical (unpaired) electrons. The van der Waals surface area contributed by atoms with Crippen LogP contribution in [0.3, 0.4) is 0 Å². The second-order valence-corrected chi connectivity index (χ2v) is 4.80. The van der Waals surface area contributed by atoms with E-state index in [1.165, 1.54) is 0 Å². The minimum absolute atomic E-state index is 0.158. The molecular formula is C14H20N2O. The van der Waals surface area contributed by atoms with E-state index in [4.69, 9.17) is 0 Å². The molecule has 1 aromatic carbocycles. The Hall–Kier alpha value is -1.51. The number of rotatable bonds is 5. The van der Waals surface area contributed by atoms with Gasteiger partial charge in [0.25, 0.3) is 0 Å². The minimum atomic E-state index is 0.158. The smallest absolute Gasteiger partial charge is 0.227 e. The van der Waals surface area contributed by atoms with Gasteiger partial charge in [-0.1, -0.05) is 13.0 Å². The summed E-state index contributed by atoms with van der Waals surface area (Å²) in [7, 11) is 0. The Kier molecular flexibility index (Phi) is 3.67. The van der Waals surface area contributed by atoms with Crippen molar-refractivity contribution in [3.8, 4) is 0 Å². The summed E-state index contributed by atoms with van der Waals surface area (Å²) < 4.78 is 0. The molecule has 17 heavy (non-hydrogen) atoms. The maximum absolute atomic E-state index is 11.6. The van der Waals surface area contributed by atoms with E-state index in [0.717, 1.165) is 30.6 Å². The first-order valence-electron chi connectivity index (χ1n) is 6.36. The first-order valence-corrected chi connectivity index (χ1v) is 6.36. The fourth-order valence-corrected chi connectivity index (χ4v) is 1.66. The van der Waals surface area contributed by atoms with Crippen LogP contribution in [0, 0.1) is 5.92 Å². The Labute approximate surface area is 103 Å². The molecule has 3 nitrogen and oxygen atoms in total. The number of benzene rings is 1. The standard InChI is InChI=1S/C14H20N2O/c1-3-10(2)15-12-5-4-6-13(9-12)16-14(17)11-7-8-11/h4-6,9-11,15H,3,7-8H2,1-2H3,(H,16,17). The van der Waals surface area contributed by atoms with E-state index >= 15 is 0 Å². The van der Waals surface area contributed by atoms with Gasteiger partial charge in [0, 0.05) is 23.3 Å². The van der Waals surface area contributed by atoms with Crippen LogP contribution >= 0.6 is 0 Å². The molecule has 2 N–H and O–H groups in total. The number of anilines is 2. The highest BCUT2D eigenvalue weighted by Crippen LogP contribution is 2.30. The Morgan fingerprint density at radius 1 is 1.41 bits per heavy atom. The number of carbonyl (C=O) groups is 1. The zero-order valence-electron chi connectivity index (χ0n) is 10.5. The Morgan fingerprint density at radius 3 is 2.76 bits per heavy atom. The van der Waals surface area contributed by atoms with Crippen molar-refractivity contribution < 1.29 is 4.79 Å². The van der Waals surface area contributed by atoms with Gasteiger partial charge < -0.3 is 10.6 Å². The van der Waals surface area contributed by atoms with Crippen molar-refractivity contribution >= 4 is 17.3 Å². The molecule has 0 aliphatic heterocycles. The Balaban J connectivity index is 1.97. The van der Waals surface area contributed by atoms with Crippen LogP contribution in [-0.2, 0) is 4.79 Å². The summed E-state index contributed by atoms with van der Waals surface area (Å²) in [4.78, 5) is 11.6. The molecule has 0 aromatic heterocycles. The fraction of sp³-hybridized carbons (Fsp3) is 0.500. The predicted octanol–water partition coefficient (Wildman–Crippen LogP) is 3.25. The molecule has 0 bridgehead atoms. The van der Waals surface area contributed by atoms with Gasteiger partial charge in [-0.15, -0.1) is 0 Å². The van der Waals surface area contributed by atoms with Gasteiger partial charge in [-0.05, 0) is 44.4 Å². The molecule has 0 saturated heterocycles. The average Bonchev–Trinajstić information content (AvgIpc) is 3.13. The van der Waals surface area contributed by atoms with E-state index in [1.807, 2.05) is 24.3 Å². The lowest BCUT2D eigenvalue weighted by Crippen LogP contribution is -2.15. The number of amides is 1. The van der Waals surface area contributed by atoms with Crippen LogP contribution in [0.5, 0.6) is 0 Å². The van der Waals surface area contributed by atoms with Crippen molar-refractivity contribution in [2.45, 2.75) is 39.2 Å². The number of hydrogen-bond donors (Lipinski definition) is 2. The van der Waals surface area contributed by atoms with E-state index in [0.29, 0.717) is 6.04 Å². The zero-order valence-corrected chi connectivity index (χ0v) is 10.5. The Morgan fingerprint density at radius 2 is 2.12 bits per heavy atom. The average molecular weight is 232 g/mol. The van der Waals surface area contributed by atoms with Crippen LogP contribution in [0.1, 0.15) is 33.1 Å². The third-order valence-corrected chi connectivity index (χ3v) is 3.10. The van der Waals surface area contributed by atoms with Gasteiger partial charge in [-0.25, -0.2) is 0 Å². The molecule has 1 saturated carbocycles. The summed E-state index contributed by atoms with van der Waals surface area (Å²) in [6.07, 6.45) is 3.16. The molecule has 1 aliphatic carbocycles. The van der Waals surface area contributed by atoms with Crippen LogP contribution in [0.15, 0.2) is 24.3 Å². The Bertz CT molecular complexity index is 399. The third-order valence-electron chi connectivity index (χ3n) is 3.10. The quantitative estimate of drug-likeness (QED) is 0.818. The highest BCUT2D eigenvalue weighted by Gasteiger charge is 2.29. The molecule has 3 heteroatoms. The second-order valence-electron chi connectivity index (χ2n) is 4.80. The lowest BCUT2D eigenvalue weighted by Gasteiger charge is -2.14. The molecular weight excluding hydrogens is 212 g/mol. The van der Waals surface area contributed by atoms with Crippen LogP contribution < -0.4 is 10.6 Å². The number of hydrogen-bond acceptors (Lipinski definition) is 2. The van der Waals surface area contributed by atoms with Gasteiger partial charge in [-0.3, -0.25) is 4.79 Å². The SMILES string of the molecule is CCC(C)Nc1cccc(NC(=O)C2CC2)c1. The molecule has 0 heterocycles. The summed E-state index contributed by atoms with van der Waals surface area (Å²) in [6.45, 7) is 4.30. The number of nitrogens with one attached hydrogen (secondary N) is 2. The summed E-state index contributed by atoms with van der Waals surface area (Å²) >= 11 is 0. The normalized spacial score (nSPS) is 16.4. The van der Waals surface area contributed by atoms with E-state index in [9.17, 15) is 4.79 Å². The lowest BCUT2D eigenvalue weighted by atomic mass is 10.2. The molecule has 1 aromatic rings. The van der Waals surface area contributed by atoms with Crippen molar-refractivity contribution in [1.82, 2.24) is 0 Å². The number of carbonyl (C=O) groups excluding carboxylic acids is 1. The van der Waals surface area contributed by atoms with Crippen LogP contribution in [0.25, 0.3) is 0 Å². The van der Waals surface area contributed by atoms with Gasteiger partial charge >= 0.3 is 0 Å². The highest BCUT2D eigenvalue weighted by atomic mass is 16.2.